The van der Waals surface area contributed by atoms with Gasteiger partial charge in [0.1, 0.15) is 0 Å². The summed E-state index contributed by atoms with van der Waals surface area (Å²) in [6, 6.07) is 8.25. The number of benzene rings is 1. The lowest BCUT2D eigenvalue weighted by Crippen LogP contribution is -2.47. The molecule has 3 heteroatoms. The molecule has 2 N–H and O–H groups in total. The summed E-state index contributed by atoms with van der Waals surface area (Å²) < 4.78 is 0. The van der Waals surface area contributed by atoms with Crippen LogP contribution in [-0.2, 0) is 11.2 Å². The Morgan fingerprint density at radius 3 is 2.89 bits per heavy atom. The Kier molecular flexibility index (Phi) is 4.02. The minimum absolute atomic E-state index is 0.0528. The van der Waals surface area contributed by atoms with Crippen molar-refractivity contribution in [2.75, 3.05) is 13.1 Å². The molecular formula is C15H22N2O. The smallest absolute Gasteiger partial charge is 0.220 e. The first-order chi connectivity index (χ1) is 8.59. The van der Waals surface area contributed by atoms with E-state index in [2.05, 4.69) is 36.6 Å². The molecule has 0 spiro atoms. The molecule has 2 rings (SSSR count). The zero-order chi connectivity index (χ0) is 13.0. The zero-order valence-corrected chi connectivity index (χ0v) is 11.3. The lowest BCUT2D eigenvalue weighted by atomic mass is 10.00. The van der Waals surface area contributed by atoms with Crippen molar-refractivity contribution in [2.45, 2.75) is 38.6 Å². The monoisotopic (exact) mass is 246 g/mol. The van der Waals surface area contributed by atoms with Gasteiger partial charge < -0.3 is 10.6 Å². The van der Waals surface area contributed by atoms with Crippen molar-refractivity contribution in [2.24, 2.45) is 0 Å². The summed E-state index contributed by atoms with van der Waals surface area (Å²) in [6.45, 7) is 6.08. The van der Waals surface area contributed by atoms with Gasteiger partial charge in [0.15, 0.2) is 0 Å². The van der Waals surface area contributed by atoms with E-state index < -0.39 is 0 Å². The maximum absolute atomic E-state index is 11.9. The van der Waals surface area contributed by atoms with E-state index in [9.17, 15) is 4.79 Å². The molecule has 1 saturated heterocycles. The molecular weight excluding hydrogens is 224 g/mol. The lowest BCUT2D eigenvalue weighted by Gasteiger charge is -2.24. The minimum Gasteiger partial charge on any atom is -0.350 e. The van der Waals surface area contributed by atoms with Gasteiger partial charge in [-0.1, -0.05) is 24.3 Å². The molecule has 1 aromatic carbocycles. The van der Waals surface area contributed by atoms with Gasteiger partial charge in [0.2, 0.25) is 5.91 Å². The van der Waals surface area contributed by atoms with Gasteiger partial charge in [-0.2, -0.15) is 0 Å². The molecule has 0 bridgehead atoms. The average Bonchev–Trinajstić information content (AvgIpc) is 2.74. The van der Waals surface area contributed by atoms with E-state index in [0.717, 1.165) is 25.9 Å². The van der Waals surface area contributed by atoms with Gasteiger partial charge >= 0.3 is 0 Å². The summed E-state index contributed by atoms with van der Waals surface area (Å²) in [4.78, 5) is 11.9. The van der Waals surface area contributed by atoms with Crippen LogP contribution in [-0.4, -0.2) is 24.5 Å². The van der Waals surface area contributed by atoms with E-state index >= 15 is 0 Å². The SMILES string of the molecule is Cc1ccccc1CCC(=O)NC1(C)CCNC1. The first-order valence-electron chi connectivity index (χ1n) is 6.65. The highest BCUT2D eigenvalue weighted by molar-refractivity contribution is 5.77. The van der Waals surface area contributed by atoms with Crippen LogP contribution in [0.25, 0.3) is 0 Å². The first-order valence-corrected chi connectivity index (χ1v) is 6.65. The van der Waals surface area contributed by atoms with Crippen LogP contribution in [0, 0.1) is 6.92 Å². The number of aryl methyl sites for hydroxylation is 2. The van der Waals surface area contributed by atoms with Crippen molar-refractivity contribution in [3.05, 3.63) is 35.4 Å². The highest BCUT2D eigenvalue weighted by Crippen LogP contribution is 2.14. The number of amides is 1. The largest absolute Gasteiger partial charge is 0.350 e. The van der Waals surface area contributed by atoms with Crippen LogP contribution < -0.4 is 10.6 Å². The number of nitrogens with one attached hydrogen (secondary N) is 2. The molecule has 18 heavy (non-hydrogen) atoms. The van der Waals surface area contributed by atoms with E-state index in [4.69, 9.17) is 0 Å². The molecule has 3 nitrogen and oxygen atoms in total. The third-order valence-electron chi connectivity index (χ3n) is 3.69. The van der Waals surface area contributed by atoms with Gasteiger partial charge in [-0.15, -0.1) is 0 Å². The van der Waals surface area contributed by atoms with Crippen molar-refractivity contribution in [3.63, 3.8) is 0 Å². The van der Waals surface area contributed by atoms with Crippen LogP contribution in [0.3, 0.4) is 0 Å². The molecule has 0 radical (unpaired) electrons. The molecule has 98 valence electrons. The summed E-state index contributed by atoms with van der Waals surface area (Å²) >= 11 is 0. The standard InChI is InChI=1S/C15H22N2O/c1-12-5-3-4-6-13(12)7-8-14(18)17-15(2)9-10-16-11-15/h3-6,16H,7-11H2,1-2H3,(H,17,18). The number of carbonyl (C=O) groups is 1. The van der Waals surface area contributed by atoms with Gasteiger partial charge in [0.25, 0.3) is 0 Å². The quantitative estimate of drug-likeness (QED) is 0.850. The van der Waals surface area contributed by atoms with Crippen LogP contribution in [0.2, 0.25) is 0 Å². The third-order valence-corrected chi connectivity index (χ3v) is 3.69. The predicted molar refractivity (Wildman–Crippen MR) is 73.5 cm³/mol. The van der Waals surface area contributed by atoms with Crippen molar-refractivity contribution < 1.29 is 4.79 Å². The normalized spacial score (nSPS) is 23.0. The van der Waals surface area contributed by atoms with Crippen molar-refractivity contribution in [3.8, 4) is 0 Å². The number of carbonyl (C=O) groups excluding carboxylic acids is 1. The molecule has 1 amide bonds. The molecule has 0 aromatic heterocycles. The average molecular weight is 246 g/mol. The Morgan fingerprint density at radius 1 is 1.44 bits per heavy atom. The van der Waals surface area contributed by atoms with Crippen LogP contribution in [0.1, 0.15) is 30.9 Å². The van der Waals surface area contributed by atoms with Crippen LogP contribution in [0.15, 0.2) is 24.3 Å². The molecule has 1 aliphatic heterocycles. The Labute approximate surface area is 109 Å². The number of hydrogen-bond acceptors (Lipinski definition) is 2. The van der Waals surface area contributed by atoms with Crippen molar-refractivity contribution >= 4 is 5.91 Å². The Hall–Kier alpha value is -1.35. The topological polar surface area (TPSA) is 41.1 Å². The molecule has 1 fully saturated rings. The molecule has 1 atom stereocenters. The second-order valence-electron chi connectivity index (χ2n) is 5.46. The van der Waals surface area contributed by atoms with E-state index in [-0.39, 0.29) is 11.4 Å². The Morgan fingerprint density at radius 2 is 2.22 bits per heavy atom. The minimum atomic E-state index is -0.0528. The molecule has 1 aliphatic rings. The van der Waals surface area contributed by atoms with Crippen molar-refractivity contribution in [1.29, 1.82) is 0 Å². The van der Waals surface area contributed by atoms with E-state index in [1.807, 2.05) is 12.1 Å². The summed E-state index contributed by atoms with van der Waals surface area (Å²) in [6.07, 6.45) is 2.41. The summed E-state index contributed by atoms with van der Waals surface area (Å²) in [5, 5.41) is 6.43. The van der Waals surface area contributed by atoms with Gasteiger partial charge in [0.05, 0.1) is 5.54 Å². The zero-order valence-electron chi connectivity index (χ0n) is 11.3. The Bertz CT molecular complexity index is 422. The van der Waals surface area contributed by atoms with Crippen LogP contribution in [0.4, 0.5) is 0 Å². The predicted octanol–water partition coefficient (Wildman–Crippen LogP) is 1.80. The van der Waals surface area contributed by atoms with Gasteiger partial charge in [-0.25, -0.2) is 0 Å². The molecule has 0 aliphatic carbocycles. The summed E-state index contributed by atoms with van der Waals surface area (Å²) in [5.41, 5.74) is 2.48. The van der Waals surface area contributed by atoms with E-state index in [1.165, 1.54) is 11.1 Å². The highest BCUT2D eigenvalue weighted by atomic mass is 16.1. The summed E-state index contributed by atoms with van der Waals surface area (Å²) in [7, 11) is 0. The maximum Gasteiger partial charge on any atom is 0.220 e. The van der Waals surface area contributed by atoms with Gasteiger partial charge in [-0.05, 0) is 44.4 Å². The second-order valence-corrected chi connectivity index (χ2v) is 5.46. The van der Waals surface area contributed by atoms with Crippen LogP contribution >= 0.6 is 0 Å². The fourth-order valence-corrected chi connectivity index (χ4v) is 2.46. The van der Waals surface area contributed by atoms with E-state index in [1.54, 1.807) is 0 Å². The van der Waals surface area contributed by atoms with Crippen molar-refractivity contribution in [1.82, 2.24) is 10.6 Å². The van der Waals surface area contributed by atoms with E-state index in [0.29, 0.717) is 6.42 Å². The lowest BCUT2D eigenvalue weighted by molar-refractivity contribution is -0.122. The number of hydrogen-bond donors (Lipinski definition) is 2. The van der Waals surface area contributed by atoms with Crippen LogP contribution in [0.5, 0.6) is 0 Å². The van der Waals surface area contributed by atoms with Gasteiger partial charge in [0, 0.05) is 13.0 Å². The fraction of sp³-hybridized carbons (Fsp3) is 0.533. The molecule has 1 heterocycles. The highest BCUT2D eigenvalue weighted by Gasteiger charge is 2.29. The molecule has 1 aromatic rings. The number of rotatable bonds is 4. The first kappa shape index (κ1) is 13.1. The Balaban J connectivity index is 1.83. The fourth-order valence-electron chi connectivity index (χ4n) is 2.46. The molecule has 1 unspecified atom stereocenters. The molecule has 0 saturated carbocycles. The second kappa shape index (κ2) is 5.53. The maximum atomic E-state index is 11.9. The third kappa shape index (κ3) is 3.33. The van der Waals surface area contributed by atoms with Gasteiger partial charge in [-0.3, -0.25) is 4.79 Å². The summed E-state index contributed by atoms with van der Waals surface area (Å²) in [5.74, 6) is 0.157.